The largest absolute Gasteiger partial charge is 0.381 e. The molecule has 1 atom stereocenters. The van der Waals surface area contributed by atoms with E-state index in [0.29, 0.717) is 32.2 Å². The van der Waals surface area contributed by atoms with Crippen molar-refractivity contribution >= 4 is 15.9 Å². The van der Waals surface area contributed by atoms with Gasteiger partial charge in [-0.2, -0.15) is 0 Å². The van der Waals surface area contributed by atoms with Gasteiger partial charge in [0.25, 0.3) is 0 Å². The predicted molar refractivity (Wildman–Crippen MR) is 82.7 cm³/mol. The molecule has 2 aliphatic heterocycles. The van der Waals surface area contributed by atoms with E-state index in [1.807, 2.05) is 0 Å². The molecule has 3 fully saturated rings. The summed E-state index contributed by atoms with van der Waals surface area (Å²) in [7, 11) is -3.25. The summed E-state index contributed by atoms with van der Waals surface area (Å²) in [4.78, 5) is 12.6. The van der Waals surface area contributed by atoms with Crippen molar-refractivity contribution in [2.75, 3.05) is 38.6 Å². The summed E-state index contributed by atoms with van der Waals surface area (Å²) < 4.78 is 31.4. The van der Waals surface area contributed by atoms with Crippen molar-refractivity contribution < 1.29 is 17.9 Å². The molecule has 2 heterocycles. The highest BCUT2D eigenvalue weighted by Crippen LogP contribution is 2.45. The van der Waals surface area contributed by atoms with Crippen LogP contribution >= 0.6 is 0 Å². The maximum Gasteiger partial charge on any atom is 0.225 e. The van der Waals surface area contributed by atoms with Gasteiger partial charge >= 0.3 is 0 Å². The quantitative estimate of drug-likeness (QED) is 0.800. The molecule has 3 rings (SSSR count). The summed E-state index contributed by atoms with van der Waals surface area (Å²) in [6.07, 6.45) is 3.93. The second kappa shape index (κ2) is 6.09. The molecule has 1 spiro atoms. The number of nitrogens with one attached hydrogen (secondary N) is 1. The summed E-state index contributed by atoms with van der Waals surface area (Å²) in [6.45, 7) is 4.43. The van der Waals surface area contributed by atoms with Gasteiger partial charge in [-0.1, -0.05) is 0 Å². The smallest absolute Gasteiger partial charge is 0.225 e. The number of sulfonamides is 1. The Balaban J connectivity index is 1.75. The number of amides is 1. The second-order valence-electron chi connectivity index (χ2n) is 6.91. The lowest BCUT2D eigenvalue weighted by atomic mass is 9.72. The molecule has 3 aliphatic rings. The first-order valence-corrected chi connectivity index (χ1v) is 9.91. The average molecular weight is 330 g/mol. The molecular weight excluding hydrogens is 304 g/mol. The van der Waals surface area contributed by atoms with E-state index < -0.39 is 10.0 Å². The minimum Gasteiger partial charge on any atom is -0.381 e. The minimum absolute atomic E-state index is 0.0302. The highest BCUT2D eigenvalue weighted by Gasteiger charge is 2.53. The van der Waals surface area contributed by atoms with Gasteiger partial charge in [-0.05, 0) is 38.5 Å². The first-order valence-electron chi connectivity index (χ1n) is 8.30. The van der Waals surface area contributed by atoms with Gasteiger partial charge in [-0.25, -0.2) is 12.7 Å². The van der Waals surface area contributed by atoms with Crippen LogP contribution in [0.25, 0.3) is 0 Å². The van der Waals surface area contributed by atoms with Crippen LogP contribution in [0.5, 0.6) is 0 Å². The monoisotopic (exact) mass is 330 g/mol. The number of rotatable bonds is 5. The Kier molecular flexibility index (Phi) is 4.49. The topological polar surface area (TPSA) is 75.7 Å². The van der Waals surface area contributed by atoms with Crippen molar-refractivity contribution in [3.05, 3.63) is 0 Å². The first kappa shape index (κ1) is 16.2. The van der Waals surface area contributed by atoms with Gasteiger partial charge in [0.15, 0.2) is 0 Å². The Labute approximate surface area is 132 Å². The van der Waals surface area contributed by atoms with E-state index in [1.54, 1.807) is 6.92 Å². The van der Waals surface area contributed by atoms with Crippen molar-refractivity contribution in [2.24, 2.45) is 17.3 Å². The number of carbonyl (C=O) groups excluding carboxylic acids is 1. The zero-order chi connectivity index (χ0) is 15.8. The zero-order valence-electron chi connectivity index (χ0n) is 13.2. The van der Waals surface area contributed by atoms with Crippen LogP contribution in [-0.4, -0.2) is 57.2 Å². The lowest BCUT2D eigenvalue weighted by Crippen LogP contribution is -2.44. The van der Waals surface area contributed by atoms with Crippen LogP contribution in [0.15, 0.2) is 0 Å². The van der Waals surface area contributed by atoms with Gasteiger partial charge in [0.2, 0.25) is 15.9 Å². The number of hydrogen-bond donors (Lipinski definition) is 1. The van der Waals surface area contributed by atoms with Gasteiger partial charge in [0, 0.05) is 38.3 Å². The molecule has 0 radical (unpaired) electrons. The van der Waals surface area contributed by atoms with Crippen LogP contribution in [0.3, 0.4) is 0 Å². The van der Waals surface area contributed by atoms with E-state index in [-0.39, 0.29) is 23.0 Å². The summed E-state index contributed by atoms with van der Waals surface area (Å²) in [5, 5.41) is 3.05. The van der Waals surface area contributed by atoms with E-state index in [0.717, 1.165) is 19.4 Å². The lowest BCUT2D eigenvalue weighted by Gasteiger charge is -2.37. The molecule has 0 aromatic rings. The molecule has 22 heavy (non-hydrogen) atoms. The van der Waals surface area contributed by atoms with Crippen molar-refractivity contribution in [1.29, 1.82) is 0 Å². The Morgan fingerprint density at radius 1 is 1.32 bits per heavy atom. The molecule has 1 saturated carbocycles. The normalized spacial score (nSPS) is 28.9. The number of ether oxygens (including phenoxy) is 1. The summed E-state index contributed by atoms with van der Waals surface area (Å²) in [5.74, 6) is 0.515. The van der Waals surface area contributed by atoms with Crippen LogP contribution in [0.2, 0.25) is 0 Å². The molecule has 2 saturated heterocycles. The molecular formula is C15H26N2O4S. The molecule has 6 nitrogen and oxygen atoms in total. The van der Waals surface area contributed by atoms with Gasteiger partial charge < -0.3 is 10.1 Å². The fraction of sp³-hybridized carbons (Fsp3) is 0.933. The molecule has 0 unspecified atom stereocenters. The first-order chi connectivity index (χ1) is 10.5. The third-order valence-corrected chi connectivity index (χ3v) is 7.24. The maximum atomic E-state index is 12.6. The Morgan fingerprint density at radius 2 is 2.00 bits per heavy atom. The molecule has 1 aliphatic carbocycles. The van der Waals surface area contributed by atoms with Crippen molar-refractivity contribution in [3.8, 4) is 0 Å². The van der Waals surface area contributed by atoms with E-state index >= 15 is 0 Å². The highest BCUT2D eigenvalue weighted by atomic mass is 32.2. The van der Waals surface area contributed by atoms with E-state index in [4.69, 9.17) is 4.74 Å². The molecule has 0 bridgehead atoms. The van der Waals surface area contributed by atoms with Crippen molar-refractivity contribution in [2.45, 2.75) is 32.6 Å². The Bertz CT molecular complexity index is 524. The fourth-order valence-electron chi connectivity index (χ4n) is 3.65. The number of nitrogens with zero attached hydrogens (tertiary/aromatic N) is 1. The SMILES string of the molecule is CCS(=O)(=O)N1C[C@H](C(=O)NCC2CC2)C2(CCOCC2)C1. The summed E-state index contributed by atoms with van der Waals surface area (Å²) in [6, 6.07) is 0. The number of carbonyl (C=O) groups is 1. The molecule has 126 valence electrons. The van der Waals surface area contributed by atoms with Crippen LogP contribution in [-0.2, 0) is 19.6 Å². The summed E-state index contributed by atoms with van der Waals surface area (Å²) >= 11 is 0. The standard InChI is InChI=1S/C15H26N2O4S/c1-2-22(19,20)17-10-13(14(18)16-9-12-3-4-12)15(11-17)5-7-21-8-6-15/h12-13H,2-11H2,1H3,(H,16,18)/t13-/m1/s1. The fourth-order valence-corrected chi connectivity index (χ4v) is 4.85. The second-order valence-corrected chi connectivity index (χ2v) is 9.17. The third kappa shape index (κ3) is 3.16. The van der Waals surface area contributed by atoms with Gasteiger partial charge in [0.05, 0.1) is 11.7 Å². The average Bonchev–Trinajstić information content (AvgIpc) is 3.27. The number of hydrogen-bond acceptors (Lipinski definition) is 4. The van der Waals surface area contributed by atoms with E-state index in [9.17, 15) is 13.2 Å². The molecule has 1 N–H and O–H groups in total. The molecule has 7 heteroatoms. The van der Waals surface area contributed by atoms with Crippen LogP contribution in [0, 0.1) is 17.3 Å². The van der Waals surface area contributed by atoms with Gasteiger partial charge in [0.1, 0.15) is 0 Å². The Morgan fingerprint density at radius 3 is 2.59 bits per heavy atom. The third-order valence-electron chi connectivity index (χ3n) is 5.44. The van der Waals surface area contributed by atoms with Crippen LogP contribution in [0.1, 0.15) is 32.6 Å². The maximum absolute atomic E-state index is 12.6. The van der Waals surface area contributed by atoms with Crippen molar-refractivity contribution in [3.63, 3.8) is 0 Å². The predicted octanol–water partition coefficient (Wildman–Crippen LogP) is 0.591. The van der Waals surface area contributed by atoms with E-state index in [1.165, 1.54) is 17.1 Å². The highest BCUT2D eigenvalue weighted by molar-refractivity contribution is 7.89. The lowest BCUT2D eigenvalue weighted by molar-refractivity contribution is -0.129. The van der Waals surface area contributed by atoms with Gasteiger partial charge in [-0.3, -0.25) is 4.79 Å². The Hall–Kier alpha value is -0.660. The summed E-state index contributed by atoms with van der Waals surface area (Å²) in [5.41, 5.74) is -0.242. The molecule has 1 amide bonds. The van der Waals surface area contributed by atoms with Crippen molar-refractivity contribution in [1.82, 2.24) is 9.62 Å². The van der Waals surface area contributed by atoms with E-state index in [2.05, 4.69) is 5.32 Å². The molecule has 0 aromatic carbocycles. The molecule has 0 aromatic heterocycles. The van der Waals surface area contributed by atoms with Crippen LogP contribution < -0.4 is 5.32 Å². The zero-order valence-corrected chi connectivity index (χ0v) is 14.0. The van der Waals surface area contributed by atoms with Gasteiger partial charge in [-0.15, -0.1) is 0 Å². The minimum atomic E-state index is -3.25. The van der Waals surface area contributed by atoms with Crippen LogP contribution in [0.4, 0.5) is 0 Å².